The molecule has 1 aliphatic heterocycles. The van der Waals surface area contributed by atoms with Crippen LogP contribution in [0.4, 0.5) is 16.5 Å². The van der Waals surface area contributed by atoms with Crippen LogP contribution in [0.2, 0.25) is 0 Å². The van der Waals surface area contributed by atoms with Gasteiger partial charge in [-0.1, -0.05) is 53.8 Å². The van der Waals surface area contributed by atoms with Crippen molar-refractivity contribution in [3.8, 4) is 0 Å². The van der Waals surface area contributed by atoms with Gasteiger partial charge in [-0.25, -0.2) is 4.98 Å². The number of benzene rings is 3. The van der Waals surface area contributed by atoms with E-state index in [4.69, 9.17) is 10.1 Å². The third-order valence-electron chi connectivity index (χ3n) is 4.40. The highest BCUT2D eigenvalue weighted by molar-refractivity contribution is 7.22. The fourth-order valence-electron chi connectivity index (χ4n) is 2.99. The molecule has 29 heavy (non-hydrogen) atoms. The molecule has 0 unspecified atom stereocenters. The topological polar surface area (TPSA) is 86.9 Å². The van der Waals surface area contributed by atoms with E-state index in [-0.39, 0.29) is 5.69 Å². The first-order chi connectivity index (χ1) is 14.2. The number of nitrogens with one attached hydrogen (secondary N) is 1. The molecule has 0 aliphatic carbocycles. The van der Waals surface area contributed by atoms with Crippen molar-refractivity contribution in [1.29, 1.82) is 0 Å². The van der Waals surface area contributed by atoms with Crippen molar-refractivity contribution in [1.82, 2.24) is 10.4 Å². The number of hydrazone groups is 1. The number of nitrogens with zero attached hydrogens (tertiary/aromatic N) is 5. The zero-order valence-electron chi connectivity index (χ0n) is 15.0. The second-order valence-corrected chi connectivity index (χ2v) is 7.27. The summed E-state index contributed by atoms with van der Waals surface area (Å²) in [7, 11) is 0. The van der Waals surface area contributed by atoms with Crippen LogP contribution >= 0.6 is 11.3 Å². The Morgan fingerprint density at radius 1 is 0.931 bits per heavy atom. The zero-order valence-corrected chi connectivity index (χ0v) is 15.8. The molecule has 0 saturated heterocycles. The lowest BCUT2D eigenvalue weighted by Crippen LogP contribution is -2.44. The molecule has 0 spiro atoms. The molecule has 2 heterocycles. The Kier molecular flexibility index (Phi) is 4.07. The minimum Gasteiger partial charge on any atom is -0.258 e. The maximum atomic E-state index is 11.0. The Balaban J connectivity index is 1.57. The molecule has 1 N–H and O–H groups in total. The van der Waals surface area contributed by atoms with Crippen LogP contribution in [0, 0.1) is 10.1 Å². The smallest absolute Gasteiger partial charge is 0.258 e. The van der Waals surface area contributed by atoms with Crippen molar-refractivity contribution in [2.45, 2.75) is 0 Å². The first-order valence-corrected chi connectivity index (χ1v) is 9.61. The van der Waals surface area contributed by atoms with E-state index < -0.39 is 4.92 Å². The number of hydrogen-bond donors (Lipinski definition) is 1. The zero-order chi connectivity index (χ0) is 19.8. The fourth-order valence-corrected chi connectivity index (χ4v) is 3.90. The fraction of sp³-hybridized carbons (Fsp3) is 0. The van der Waals surface area contributed by atoms with E-state index in [2.05, 4.69) is 5.43 Å². The number of hydrogen-bond acceptors (Lipinski definition) is 8. The number of aromatic nitrogens is 1. The Bertz CT molecular complexity index is 1190. The number of para-hydroxylation sites is 1. The summed E-state index contributed by atoms with van der Waals surface area (Å²) in [4.78, 5) is 15.3. The summed E-state index contributed by atoms with van der Waals surface area (Å²) in [6.45, 7) is 0. The lowest BCUT2D eigenvalue weighted by molar-refractivity contribution is -0.384. The van der Waals surface area contributed by atoms with Gasteiger partial charge in [-0.3, -0.25) is 15.5 Å². The van der Waals surface area contributed by atoms with Crippen LogP contribution < -0.4 is 15.7 Å². The summed E-state index contributed by atoms with van der Waals surface area (Å²) in [5, 5.41) is 19.8. The Morgan fingerprint density at radius 3 is 2.38 bits per heavy atom. The van der Waals surface area contributed by atoms with Crippen LogP contribution in [0.3, 0.4) is 0 Å². The molecule has 3 aromatic carbocycles. The van der Waals surface area contributed by atoms with E-state index in [0.29, 0.717) is 16.7 Å². The van der Waals surface area contributed by atoms with E-state index in [0.717, 1.165) is 15.8 Å². The van der Waals surface area contributed by atoms with Crippen molar-refractivity contribution in [2.75, 3.05) is 10.2 Å². The summed E-state index contributed by atoms with van der Waals surface area (Å²) >= 11 is 1.53. The highest BCUT2D eigenvalue weighted by atomic mass is 32.1. The Labute approximate surface area is 169 Å². The van der Waals surface area contributed by atoms with Gasteiger partial charge in [-0.2, -0.15) is 0 Å². The van der Waals surface area contributed by atoms with E-state index in [1.54, 1.807) is 22.4 Å². The number of nitro groups is 1. The van der Waals surface area contributed by atoms with Gasteiger partial charge in [0.25, 0.3) is 5.69 Å². The molecule has 142 valence electrons. The molecule has 8 nitrogen and oxygen atoms in total. The summed E-state index contributed by atoms with van der Waals surface area (Å²) < 4.78 is 1.06. The molecule has 0 radical (unpaired) electrons. The number of rotatable bonds is 4. The number of thiazole rings is 1. The van der Waals surface area contributed by atoms with Crippen LogP contribution in [0.1, 0.15) is 5.56 Å². The van der Waals surface area contributed by atoms with Gasteiger partial charge in [0.1, 0.15) is 0 Å². The predicted octanol–water partition coefficient (Wildman–Crippen LogP) is 4.31. The normalized spacial score (nSPS) is 13.4. The largest absolute Gasteiger partial charge is 0.269 e. The monoisotopic (exact) mass is 402 g/mol. The lowest BCUT2D eigenvalue weighted by Gasteiger charge is -2.25. The van der Waals surface area contributed by atoms with E-state index >= 15 is 0 Å². The third kappa shape index (κ3) is 3.13. The molecule has 9 heteroatoms. The number of anilines is 2. The van der Waals surface area contributed by atoms with Crippen molar-refractivity contribution >= 4 is 43.9 Å². The summed E-state index contributed by atoms with van der Waals surface area (Å²) in [6.07, 6.45) is 0. The molecule has 0 atom stereocenters. The van der Waals surface area contributed by atoms with E-state index in [1.807, 2.05) is 54.6 Å². The maximum absolute atomic E-state index is 11.0. The number of non-ortho nitro benzene ring substituents is 1. The van der Waals surface area contributed by atoms with Crippen molar-refractivity contribution in [3.63, 3.8) is 0 Å². The first-order valence-electron chi connectivity index (χ1n) is 8.80. The minimum absolute atomic E-state index is 0.0275. The van der Waals surface area contributed by atoms with Crippen LogP contribution in [0.25, 0.3) is 10.2 Å². The standard InChI is InChI=1S/C20H14N6O2S/c27-26(28)16-12-10-15(11-13-16)24-22-19(14-6-2-1-3-7-14)23-25(24)20-21-17-8-4-5-9-18(17)29-20/h1-13H,(H,22,23). The Hall–Kier alpha value is -3.98. The molecule has 1 aromatic heterocycles. The molecule has 4 aromatic rings. The summed E-state index contributed by atoms with van der Waals surface area (Å²) in [5.41, 5.74) is 5.81. The number of hydrazine groups is 2. The van der Waals surface area contributed by atoms with E-state index in [1.165, 1.54) is 23.5 Å². The Morgan fingerprint density at radius 2 is 1.66 bits per heavy atom. The molecule has 1 aliphatic rings. The minimum atomic E-state index is -0.421. The highest BCUT2D eigenvalue weighted by Crippen LogP contribution is 2.33. The number of fused-ring (bicyclic) bond motifs is 1. The number of amidine groups is 1. The number of nitro benzene ring substituents is 1. The second kappa shape index (κ2) is 6.88. The van der Waals surface area contributed by atoms with Crippen LogP contribution in [-0.2, 0) is 0 Å². The predicted molar refractivity (Wildman–Crippen MR) is 114 cm³/mol. The molecular weight excluding hydrogens is 388 g/mol. The van der Waals surface area contributed by atoms with Gasteiger partial charge in [0.05, 0.1) is 20.8 Å². The van der Waals surface area contributed by atoms with Crippen LogP contribution in [-0.4, -0.2) is 15.7 Å². The van der Waals surface area contributed by atoms with Gasteiger partial charge < -0.3 is 0 Å². The highest BCUT2D eigenvalue weighted by Gasteiger charge is 2.29. The second-order valence-electron chi connectivity index (χ2n) is 6.27. The first kappa shape index (κ1) is 17.1. The average Bonchev–Trinajstić information content (AvgIpc) is 3.39. The van der Waals surface area contributed by atoms with Crippen molar-refractivity contribution < 1.29 is 4.92 Å². The molecule has 0 fully saturated rings. The van der Waals surface area contributed by atoms with Crippen molar-refractivity contribution in [2.24, 2.45) is 5.10 Å². The van der Waals surface area contributed by atoms with Gasteiger partial charge in [-0.05, 0) is 24.3 Å². The molecule has 0 bridgehead atoms. The average molecular weight is 402 g/mol. The van der Waals surface area contributed by atoms with Crippen molar-refractivity contribution in [3.05, 3.63) is 94.5 Å². The van der Waals surface area contributed by atoms with Crippen LogP contribution in [0.15, 0.2) is 84.0 Å². The summed E-state index contributed by atoms with van der Waals surface area (Å²) in [5.74, 6) is 0.656. The maximum Gasteiger partial charge on any atom is 0.269 e. The molecule has 0 saturated carbocycles. The van der Waals surface area contributed by atoms with Gasteiger partial charge >= 0.3 is 0 Å². The molecular formula is C20H14N6O2S. The molecule has 0 amide bonds. The van der Waals surface area contributed by atoms with Gasteiger partial charge in [0, 0.05) is 17.7 Å². The van der Waals surface area contributed by atoms with Gasteiger partial charge in [0.15, 0.2) is 5.84 Å². The van der Waals surface area contributed by atoms with Gasteiger partial charge in [-0.15, -0.1) is 15.3 Å². The molecule has 5 rings (SSSR count). The van der Waals surface area contributed by atoms with E-state index in [9.17, 15) is 10.1 Å². The lowest BCUT2D eigenvalue weighted by atomic mass is 10.2. The summed E-state index contributed by atoms with van der Waals surface area (Å²) in [6, 6.07) is 23.9. The van der Waals surface area contributed by atoms with Gasteiger partial charge in [0.2, 0.25) is 5.13 Å². The SMILES string of the molecule is O=[N+]([O-])c1ccc(N2N=C(c3ccccc3)NN2c2nc3ccccc3s2)cc1. The van der Waals surface area contributed by atoms with Crippen LogP contribution in [0.5, 0.6) is 0 Å². The third-order valence-corrected chi connectivity index (χ3v) is 5.41. The quantitative estimate of drug-likeness (QED) is 0.404.